The summed E-state index contributed by atoms with van der Waals surface area (Å²) >= 11 is 0. The van der Waals surface area contributed by atoms with Crippen LogP contribution in [0.4, 0.5) is 0 Å². The summed E-state index contributed by atoms with van der Waals surface area (Å²) in [5.41, 5.74) is 11.4. The average molecular weight is 536 g/mol. The van der Waals surface area contributed by atoms with Crippen LogP contribution in [-0.4, -0.2) is 49.7 Å². The number of carboxylic acid groups (broad SMARTS) is 1. The Bertz CT molecular complexity index is 1490. The van der Waals surface area contributed by atoms with E-state index in [1.807, 2.05) is 30.4 Å². The Kier molecular flexibility index (Phi) is 8.86. The van der Waals surface area contributed by atoms with Crippen molar-refractivity contribution >= 4 is 28.6 Å². The number of fused-ring (bicyclic) bond motifs is 2. The third-order valence-electron chi connectivity index (χ3n) is 6.88. The van der Waals surface area contributed by atoms with Crippen LogP contribution in [0.1, 0.15) is 80.2 Å². The number of hydrogen-bond acceptors (Lipinski definition) is 7. The number of aryl methyl sites for hydroxylation is 2. The number of imidazole rings is 1. The van der Waals surface area contributed by atoms with Gasteiger partial charge in [-0.1, -0.05) is 19.3 Å². The molecule has 10 heteroatoms. The molecule has 4 aromatic rings. The molecule has 0 aliphatic rings. The molecule has 0 amide bonds. The molecule has 0 radical (unpaired) electrons. The third-order valence-corrected chi connectivity index (χ3v) is 6.88. The van der Waals surface area contributed by atoms with Crippen LogP contribution in [0.25, 0.3) is 28.1 Å². The van der Waals surface area contributed by atoms with Crippen molar-refractivity contribution in [1.82, 2.24) is 18.9 Å². The number of carbonyl (C=O) groups excluding carboxylic acids is 1. The van der Waals surface area contributed by atoms with Gasteiger partial charge in [-0.3, -0.25) is 9.20 Å². The molecule has 0 unspecified atom stereocenters. The lowest BCUT2D eigenvalue weighted by atomic mass is 10.1. The highest BCUT2D eigenvalue weighted by molar-refractivity contribution is 5.91. The summed E-state index contributed by atoms with van der Waals surface area (Å²) in [5, 5.41) is 9.85. The molecule has 0 aromatic carbocycles. The monoisotopic (exact) mass is 535 g/mol. The highest BCUT2D eigenvalue weighted by atomic mass is 16.5. The van der Waals surface area contributed by atoms with E-state index in [0.29, 0.717) is 23.5 Å². The van der Waals surface area contributed by atoms with Crippen molar-refractivity contribution in [3.8, 4) is 17.3 Å². The van der Waals surface area contributed by atoms with Crippen LogP contribution in [-0.2, 0) is 16.1 Å². The van der Waals surface area contributed by atoms with E-state index in [1.165, 1.54) is 0 Å². The molecule has 0 aliphatic heterocycles. The number of carboxylic acids is 1. The van der Waals surface area contributed by atoms with E-state index in [1.54, 1.807) is 26.2 Å². The SMILES string of the molecule is CCOC(=O)c1cc(OC)n2c(C)c(-c3cc4ccc([C@@H](C)N)nc4n3CCCCCCCC(=O)O)nc2c1. The molecule has 3 N–H and O–H groups in total. The Labute approximate surface area is 227 Å². The van der Waals surface area contributed by atoms with Gasteiger partial charge in [-0.25, -0.2) is 14.8 Å². The molecule has 1 atom stereocenters. The number of aliphatic carboxylic acids is 1. The number of methoxy groups -OCH3 is 1. The smallest absolute Gasteiger partial charge is 0.338 e. The zero-order chi connectivity index (χ0) is 28.1. The summed E-state index contributed by atoms with van der Waals surface area (Å²) in [5.74, 6) is -0.679. The van der Waals surface area contributed by atoms with Gasteiger partial charge in [0.1, 0.15) is 17.0 Å². The van der Waals surface area contributed by atoms with E-state index in [-0.39, 0.29) is 19.1 Å². The molecule has 4 heterocycles. The predicted molar refractivity (Wildman–Crippen MR) is 149 cm³/mol. The van der Waals surface area contributed by atoms with Gasteiger partial charge in [0, 0.05) is 30.5 Å². The molecule has 4 aromatic heterocycles. The molecular formula is C29H37N5O5. The number of unbranched alkanes of at least 4 members (excludes halogenated alkanes) is 4. The van der Waals surface area contributed by atoms with E-state index >= 15 is 0 Å². The molecule has 4 rings (SSSR count). The number of ether oxygens (including phenoxy) is 2. The van der Waals surface area contributed by atoms with Gasteiger partial charge in [0.25, 0.3) is 0 Å². The summed E-state index contributed by atoms with van der Waals surface area (Å²) in [4.78, 5) is 33.1. The number of rotatable bonds is 13. The van der Waals surface area contributed by atoms with Crippen molar-refractivity contribution in [2.24, 2.45) is 5.73 Å². The second kappa shape index (κ2) is 12.3. The number of carbonyl (C=O) groups is 2. The minimum absolute atomic E-state index is 0.196. The van der Waals surface area contributed by atoms with Gasteiger partial charge in [-0.2, -0.15) is 0 Å². The van der Waals surface area contributed by atoms with E-state index < -0.39 is 11.9 Å². The van der Waals surface area contributed by atoms with Gasteiger partial charge < -0.3 is 24.9 Å². The van der Waals surface area contributed by atoms with Crippen molar-refractivity contribution in [3.05, 3.63) is 47.3 Å². The minimum Gasteiger partial charge on any atom is -0.482 e. The number of aromatic nitrogens is 4. The fraction of sp³-hybridized carbons (Fsp3) is 0.448. The number of pyridine rings is 2. The lowest BCUT2D eigenvalue weighted by molar-refractivity contribution is -0.137. The number of nitrogens with two attached hydrogens (primary N) is 1. The predicted octanol–water partition coefficient (Wildman–Crippen LogP) is 5.29. The molecule has 0 saturated heterocycles. The number of hydrogen-bond donors (Lipinski definition) is 2. The van der Waals surface area contributed by atoms with Crippen molar-refractivity contribution < 1.29 is 24.2 Å². The highest BCUT2D eigenvalue weighted by Crippen LogP contribution is 2.33. The van der Waals surface area contributed by atoms with Gasteiger partial charge in [0.15, 0.2) is 5.88 Å². The summed E-state index contributed by atoms with van der Waals surface area (Å²) in [6, 6.07) is 9.27. The Balaban J connectivity index is 1.74. The fourth-order valence-corrected chi connectivity index (χ4v) is 4.90. The maximum absolute atomic E-state index is 12.5. The van der Waals surface area contributed by atoms with E-state index in [9.17, 15) is 9.59 Å². The van der Waals surface area contributed by atoms with E-state index in [0.717, 1.165) is 66.0 Å². The average Bonchev–Trinajstić information content (AvgIpc) is 3.44. The van der Waals surface area contributed by atoms with Crippen molar-refractivity contribution in [3.63, 3.8) is 0 Å². The Morgan fingerprint density at radius 3 is 2.51 bits per heavy atom. The highest BCUT2D eigenvalue weighted by Gasteiger charge is 2.22. The molecule has 0 fully saturated rings. The second-order valence-electron chi connectivity index (χ2n) is 9.78. The first-order valence-electron chi connectivity index (χ1n) is 13.5. The van der Waals surface area contributed by atoms with Crippen LogP contribution in [0.2, 0.25) is 0 Å². The van der Waals surface area contributed by atoms with Crippen LogP contribution in [0, 0.1) is 6.92 Å². The van der Waals surface area contributed by atoms with Gasteiger partial charge in [0.05, 0.1) is 36.4 Å². The molecule has 0 aliphatic carbocycles. The lowest BCUT2D eigenvalue weighted by Gasteiger charge is -2.12. The van der Waals surface area contributed by atoms with Crippen molar-refractivity contribution in [2.45, 2.75) is 71.9 Å². The Morgan fingerprint density at radius 2 is 1.82 bits per heavy atom. The Morgan fingerprint density at radius 1 is 1.08 bits per heavy atom. The zero-order valence-corrected chi connectivity index (χ0v) is 23.1. The zero-order valence-electron chi connectivity index (χ0n) is 23.1. The van der Waals surface area contributed by atoms with Gasteiger partial charge >= 0.3 is 11.9 Å². The van der Waals surface area contributed by atoms with Crippen molar-refractivity contribution in [1.29, 1.82) is 0 Å². The van der Waals surface area contributed by atoms with Crippen molar-refractivity contribution in [2.75, 3.05) is 13.7 Å². The van der Waals surface area contributed by atoms with Crippen LogP contribution in [0.5, 0.6) is 5.88 Å². The fourth-order valence-electron chi connectivity index (χ4n) is 4.90. The third kappa shape index (κ3) is 6.06. The molecule has 10 nitrogen and oxygen atoms in total. The largest absolute Gasteiger partial charge is 0.482 e. The Hall–Kier alpha value is -3.92. The lowest BCUT2D eigenvalue weighted by Crippen LogP contribution is -2.09. The summed E-state index contributed by atoms with van der Waals surface area (Å²) < 4.78 is 14.9. The maximum Gasteiger partial charge on any atom is 0.338 e. The normalized spacial score (nSPS) is 12.2. The molecule has 0 bridgehead atoms. The second-order valence-corrected chi connectivity index (χ2v) is 9.78. The molecular weight excluding hydrogens is 498 g/mol. The van der Waals surface area contributed by atoms with Gasteiger partial charge in [-0.05, 0) is 57.9 Å². The van der Waals surface area contributed by atoms with Crippen LogP contribution in [0.15, 0.2) is 30.3 Å². The van der Waals surface area contributed by atoms with Crippen LogP contribution < -0.4 is 10.5 Å². The van der Waals surface area contributed by atoms with Gasteiger partial charge in [0.2, 0.25) is 0 Å². The number of nitrogens with zero attached hydrogens (tertiary/aromatic N) is 4. The topological polar surface area (TPSA) is 134 Å². The molecule has 0 spiro atoms. The van der Waals surface area contributed by atoms with E-state index in [2.05, 4.69) is 10.6 Å². The standard InChI is InChI=1S/C29H37N5O5/c1-5-39-29(37)21-16-24-32-27(19(3)34(24)25(17-21)38-4)23-15-20-12-13-22(18(2)30)31-28(20)33(23)14-10-8-6-7-9-11-26(35)36/h12-13,15-18H,5-11,14,30H2,1-4H3,(H,35,36)/t18-/m1/s1. The maximum atomic E-state index is 12.5. The first kappa shape index (κ1) is 28.1. The molecule has 0 saturated carbocycles. The quantitative estimate of drug-likeness (QED) is 0.174. The first-order valence-corrected chi connectivity index (χ1v) is 13.5. The molecule has 39 heavy (non-hydrogen) atoms. The minimum atomic E-state index is -0.747. The first-order chi connectivity index (χ1) is 18.7. The molecule has 208 valence electrons. The van der Waals surface area contributed by atoms with Crippen LogP contribution in [0.3, 0.4) is 0 Å². The summed E-state index contributed by atoms with van der Waals surface area (Å²) in [7, 11) is 1.57. The van der Waals surface area contributed by atoms with E-state index in [4.69, 9.17) is 30.3 Å². The van der Waals surface area contributed by atoms with Crippen LogP contribution >= 0.6 is 0 Å². The number of esters is 1. The van der Waals surface area contributed by atoms with Gasteiger partial charge in [-0.15, -0.1) is 0 Å². The summed E-state index contributed by atoms with van der Waals surface area (Å²) in [6.45, 7) is 6.67. The summed E-state index contributed by atoms with van der Waals surface area (Å²) in [6.07, 6.45) is 4.67.